The molecule has 2 N–H and O–H groups in total. The summed E-state index contributed by atoms with van der Waals surface area (Å²) in [6, 6.07) is 1.66. The number of hydrogen-bond acceptors (Lipinski definition) is 3. The van der Waals surface area contributed by atoms with E-state index in [9.17, 15) is 4.79 Å². The van der Waals surface area contributed by atoms with Gasteiger partial charge in [-0.25, -0.2) is 0 Å². The van der Waals surface area contributed by atoms with Gasteiger partial charge < -0.3 is 10.4 Å². The van der Waals surface area contributed by atoms with Gasteiger partial charge >= 0.3 is 0 Å². The van der Waals surface area contributed by atoms with Crippen LogP contribution in [0.2, 0.25) is 0 Å². The van der Waals surface area contributed by atoms with E-state index in [0.29, 0.717) is 6.42 Å². The van der Waals surface area contributed by atoms with Gasteiger partial charge in [-0.15, -0.1) is 0 Å². The fraction of sp³-hybridized carbons (Fsp3) is 0.778. The SMILES string of the molecule is CCCC(C#N)C(=O)N[C@@H](C)CO. The number of nitriles is 1. The fourth-order valence-corrected chi connectivity index (χ4v) is 0.932. The molecule has 13 heavy (non-hydrogen) atoms. The number of nitrogens with zero attached hydrogens (tertiary/aromatic N) is 1. The summed E-state index contributed by atoms with van der Waals surface area (Å²) >= 11 is 0. The van der Waals surface area contributed by atoms with Crippen LogP contribution in [0.15, 0.2) is 0 Å². The van der Waals surface area contributed by atoms with Crippen LogP contribution in [0, 0.1) is 17.2 Å². The summed E-state index contributed by atoms with van der Waals surface area (Å²) in [5.74, 6) is -0.870. The normalized spacial score (nSPS) is 14.3. The number of amides is 1. The number of carbonyl (C=O) groups excluding carboxylic acids is 1. The second-order valence-corrected chi connectivity index (χ2v) is 3.06. The van der Waals surface area contributed by atoms with Crippen molar-refractivity contribution in [3.05, 3.63) is 0 Å². The largest absolute Gasteiger partial charge is 0.394 e. The minimum absolute atomic E-state index is 0.101. The van der Waals surface area contributed by atoms with Crippen LogP contribution in [0.1, 0.15) is 26.7 Å². The first-order chi connectivity index (χ1) is 6.15. The summed E-state index contributed by atoms with van der Waals surface area (Å²) in [4.78, 5) is 11.3. The van der Waals surface area contributed by atoms with Gasteiger partial charge in [0, 0.05) is 6.04 Å². The van der Waals surface area contributed by atoms with Crippen LogP contribution in [-0.2, 0) is 4.79 Å². The van der Waals surface area contributed by atoms with E-state index in [1.165, 1.54) is 0 Å². The Morgan fingerprint density at radius 3 is 2.69 bits per heavy atom. The summed E-state index contributed by atoms with van der Waals surface area (Å²) < 4.78 is 0. The zero-order valence-electron chi connectivity index (χ0n) is 8.08. The zero-order valence-corrected chi connectivity index (χ0v) is 8.08. The molecular formula is C9H16N2O2. The maximum absolute atomic E-state index is 11.3. The van der Waals surface area contributed by atoms with Gasteiger partial charge in [0.05, 0.1) is 12.7 Å². The highest BCUT2D eigenvalue weighted by molar-refractivity contribution is 5.81. The lowest BCUT2D eigenvalue weighted by Gasteiger charge is -2.13. The second-order valence-electron chi connectivity index (χ2n) is 3.06. The first kappa shape index (κ1) is 11.9. The van der Waals surface area contributed by atoms with Crippen molar-refractivity contribution < 1.29 is 9.90 Å². The van der Waals surface area contributed by atoms with E-state index in [0.717, 1.165) is 6.42 Å². The average Bonchev–Trinajstić information content (AvgIpc) is 2.13. The number of rotatable bonds is 5. The van der Waals surface area contributed by atoms with Gasteiger partial charge in [0.25, 0.3) is 0 Å². The van der Waals surface area contributed by atoms with Gasteiger partial charge in [0.15, 0.2) is 0 Å². The Hall–Kier alpha value is -1.08. The van der Waals surface area contributed by atoms with Crippen LogP contribution in [0.5, 0.6) is 0 Å². The molecule has 0 fully saturated rings. The molecule has 0 heterocycles. The van der Waals surface area contributed by atoms with E-state index in [4.69, 9.17) is 10.4 Å². The Bertz CT molecular complexity index is 198. The monoisotopic (exact) mass is 184 g/mol. The molecule has 0 radical (unpaired) electrons. The van der Waals surface area contributed by atoms with Gasteiger partial charge in [-0.2, -0.15) is 5.26 Å². The molecule has 0 rings (SSSR count). The maximum Gasteiger partial charge on any atom is 0.237 e. The topological polar surface area (TPSA) is 73.1 Å². The molecule has 74 valence electrons. The summed E-state index contributed by atoms with van der Waals surface area (Å²) in [5.41, 5.74) is 0. The molecule has 0 spiro atoms. The number of carbonyl (C=O) groups is 1. The molecule has 0 aliphatic rings. The van der Waals surface area contributed by atoms with Crippen molar-refractivity contribution >= 4 is 5.91 Å². The standard InChI is InChI=1S/C9H16N2O2/c1-3-4-8(5-10)9(13)11-7(2)6-12/h7-8,12H,3-4,6H2,1-2H3,(H,11,13)/t7-,8?/m0/s1. The van der Waals surface area contributed by atoms with E-state index < -0.39 is 5.92 Å². The van der Waals surface area contributed by atoms with Gasteiger partial charge in [0.1, 0.15) is 5.92 Å². The highest BCUT2D eigenvalue weighted by Gasteiger charge is 2.17. The molecule has 4 heteroatoms. The van der Waals surface area contributed by atoms with E-state index in [-0.39, 0.29) is 18.6 Å². The molecular weight excluding hydrogens is 168 g/mol. The zero-order chi connectivity index (χ0) is 10.3. The van der Waals surface area contributed by atoms with E-state index in [1.54, 1.807) is 6.92 Å². The van der Waals surface area contributed by atoms with Crippen LogP contribution >= 0.6 is 0 Å². The van der Waals surface area contributed by atoms with E-state index in [1.807, 2.05) is 13.0 Å². The van der Waals surface area contributed by atoms with Crippen molar-refractivity contribution in [2.45, 2.75) is 32.7 Å². The van der Waals surface area contributed by atoms with Crippen LogP contribution in [0.3, 0.4) is 0 Å². The summed E-state index contributed by atoms with van der Waals surface area (Å²) in [7, 11) is 0. The third kappa shape index (κ3) is 4.48. The van der Waals surface area contributed by atoms with Gasteiger partial charge in [-0.05, 0) is 13.3 Å². The smallest absolute Gasteiger partial charge is 0.237 e. The Morgan fingerprint density at radius 1 is 1.69 bits per heavy atom. The first-order valence-corrected chi connectivity index (χ1v) is 4.46. The lowest BCUT2D eigenvalue weighted by molar-refractivity contribution is -0.124. The molecule has 2 atom stereocenters. The minimum atomic E-state index is -0.584. The Balaban J connectivity index is 4.00. The summed E-state index contributed by atoms with van der Waals surface area (Å²) in [6.45, 7) is 3.52. The molecule has 0 saturated heterocycles. The highest BCUT2D eigenvalue weighted by Crippen LogP contribution is 2.04. The number of aliphatic hydroxyl groups excluding tert-OH is 1. The van der Waals surface area contributed by atoms with Crippen molar-refractivity contribution in [2.75, 3.05) is 6.61 Å². The van der Waals surface area contributed by atoms with Crippen LogP contribution in [0.4, 0.5) is 0 Å². The predicted molar refractivity (Wildman–Crippen MR) is 48.7 cm³/mol. The van der Waals surface area contributed by atoms with Crippen molar-refractivity contribution in [2.24, 2.45) is 5.92 Å². The predicted octanol–water partition coefficient (Wildman–Crippen LogP) is 0.423. The van der Waals surface area contributed by atoms with Crippen molar-refractivity contribution in [1.29, 1.82) is 5.26 Å². The van der Waals surface area contributed by atoms with Crippen molar-refractivity contribution in [3.8, 4) is 6.07 Å². The quantitative estimate of drug-likeness (QED) is 0.650. The minimum Gasteiger partial charge on any atom is -0.394 e. The number of aliphatic hydroxyl groups is 1. The average molecular weight is 184 g/mol. The highest BCUT2D eigenvalue weighted by atomic mass is 16.3. The molecule has 0 aliphatic carbocycles. The molecule has 1 unspecified atom stereocenters. The van der Waals surface area contributed by atoms with Gasteiger partial charge in [0.2, 0.25) is 5.91 Å². The van der Waals surface area contributed by atoms with Gasteiger partial charge in [-0.3, -0.25) is 4.79 Å². The van der Waals surface area contributed by atoms with Crippen LogP contribution in [-0.4, -0.2) is 23.7 Å². The molecule has 4 nitrogen and oxygen atoms in total. The Kier molecular flexibility index (Phi) is 5.90. The van der Waals surface area contributed by atoms with Gasteiger partial charge in [-0.1, -0.05) is 13.3 Å². The lowest BCUT2D eigenvalue weighted by Crippen LogP contribution is -2.38. The first-order valence-electron chi connectivity index (χ1n) is 4.46. The van der Waals surface area contributed by atoms with Crippen molar-refractivity contribution in [3.63, 3.8) is 0 Å². The Labute approximate surface area is 78.6 Å². The maximum atomic E-state index is 11.3. The third-order valence-corrected chi connectivity index (χ3v) is 1.71. The molecule has 0 aliphatic heterocycles. The second kappa shape index (κ2) is 6.44. The number of hydrogen-bond donors (Lipinski definition) is 2. The summed E-state index contributed by atoms with van der Waals surface area (Å²) in [6.07, 6.45) is 1.37. The van der Waals surface area contributed by atoms with E-state index in [2.05, 4.69) is 5.32 Å². The van der Waals surface area contributed by atoms with E-state index >= 15 is 0 Å². The van der Waals surface area contributed by atoms with Crippen LogP contribution < -0.4 is 5.32 Å². The third-order valence-electron chi connectivity index (χ3n) is 1.71. The molecule has 0 aromatic carbocycles. The Morgan fingerprint density at radius 2 is 2.31 bits per heavy atom. The lowest BCUT2D eigenvalue weighted by atomic mass is 10.0. The molecule has 0 aromatic rings. The molecule has 0 saturated carbocycles. The molecule has 0 bridgehead atoms. The molecule has 1 amide bonds. The number of nitrogens with one attached hydrogen (secondary N) is 1. The summed E-state index contributed by atoms with van der Waals surface area (Å²) in [5, 5.41) is 19.9. The fourth-order valence-electron chi connectivity index (χ4n) is 0.932. The molecule has 0 aromatic heterocycles. The van der Waals surface area contributed by atoms with Crippen molar-refractivity contribution in [1.82, 2.24) is 5.32 Å². The van der Waals surface area contributed by atoms with Crippen LogP contribution in [0.25, 0.3) is 0 Å².